The van der Waals surface area contributed by atoms with Crippen LogP contribution in [0, 0.1) is 5.82 Å². The molecule has 0 aliphatic rings. The van der Waals surface area contributed by atoms with Crippen molar-refractivity contribution in [2.75, 3.05) is 13.1 Å². The minimum Gasteiger partial charge on any atom is -0.391 e. The normalized spacial score (nSPS) is 13.9. The third-order valence-corrected chi connectivity index (χ3v) is 3.71. The fraction of sp³-hybridized carbons (Fsp3) is 0.600. The van der Waals surface area contributed by atoms with Crippen molar-refractivity contribution in [3.05, 3.63) is 35.6 Å². The average molecular weight is 253 g/mol. The summed E-state index contributed by atoms with van der Waals surface area (Å²) in [7, 11) is 0. The zero-order chi connectivity index (χ0) is 13.8. The first-order valence-corrected chi connectivity index (χ1v) is 6.59. The molecule has 0 bridgehead atoms. The van der Waals surface area contributed by atoms with Gasteiger partial charge in [-0.2, -0.15) is 0 Å². The van der Waals surface area contributed by atoms with Crippen LogP contribution in [0.25, 0.3) is 0 Å². The van der Waals surface area contributed by atoms with Crippen molar-refractivity contribution in [2.45, 2.75) is 45.8 Å². The maximum Gasteiger partial charge on any atom is 0.123 e. The predicted molar refractivity (Wildman–Crippen MR) is 73.1 cm³/mol. The van der Waals surface area contributed by atoms with Gasteiger partial charge in [0.25, 0.3) is 0 Å². The topological polar surface area (TPSA) is 23.5 Å². The monoisotopic (exact) mass is 253 g/mol. The van der Waals surface area contributed by atoms with Crippen LogP contribution in [-0.4, -0.2) is 34.7 Å². The number of aliphatic hydroxyl groups excluding tert-OH is 1. The number of aliphatic hydroxyl groups is 1. The van der Waals surface area contributed by atoms with Gasteiger partial charge in [0, 0.05) is 12.0 Å². The van der Waals surface area contributed by atoms with Crippen molar-refractivity contribution in [3.63, 3.8) is 0 Å². The molecule has 18 heavy (non-hydrogen) atoms. The van der Waals surface area contributed by atoms with Gasteiger partial charge in [-0.3, -0.25) is 4.90 Å². The second-order valence-electron chi connectivity index (χ2n) is 5.18. The van der Waals surface area contributed by atoms with Crippen LogP contribution < -0.4 is 0 Å². The lowest BCUT2D eigenvalue weighted by molar-refractivity contribution is -0.00417. The third kappa shape index (κ3) is 3.53. The zero-order valence-electron chi connectivity index (χ0n) is 11.8. The van der Waals surface area contributed by atoms with Gasteiger partial charge in [0.05, 0.1) is 6.10 Å². The van der Waals surface area contributed by atoms with E-state index in [0.717, 1.165) is 18.7 Å². The van der Waals surface area contributed by atoms with Gasteiger partial charge >= 0.3 is 0 Å². The van der Waals surface area contributed by atoms with E-state index in [4.69, 9.17) is 0 Å². The third-order valence-electron chi connectivity index (χ3n) is 3.71. The van der Waals surface area contributed by atoms with Crippen molar-refractivity contribution in [2.24, 2.45) is 0 Å². The van der Waals surface area contributed by atoms with Crippen LogP contribution in [0.3, 0.4) is 0 Å². The molecule has 0 spiro atoms. The second-order valence-corrected chi connectivity index (χ2v) is 5.18. The van der Waals surface area contributed by atoms with Gasteiger partial charge < -0.3 is 5.11 Å². The smallest absolute Gasteiger partial charge is 0.123 e. The summed E-state index contributed by atoms with van der Waals surface area (Å²) in [6, 6.07) is 6.44. The van der Waals surface area contributed by atoms with Crippen molar-refractivity contribution in [1.29, 1.82) is 0 Å². The highest BCUT2D eigenvalue weighted by molar-refractivity contribution is 5.18. The molecule has 1 N–H and O–H groups in total. The molecule has 0 saturated carbocycles. The second kappa shape index (κ2) is 6.30. The highest BCUT2D eigenvalue weighted by Crippen LogP contribution is 2.22. The van der Waals surface area contributed by atoms with Gasteiger partial charge in [-0.05, 0) is 44.6 Å². The highest BCUT2D eigenvalue weighted by Gasteiger charge is 2.32. The Bertz CT molecular complexity index is 375. The first kappa shape index (κ1) is 15.1. The fourth-order valence-corrected chi connectivity index (χ4v) is 2.39. The lowest BCUT2D eigenvalue weighted by Gasteiger charge is -2.41. The Hall–Kier alpha value is -0.930. The zero-order valence-corrected chi connectivity index (χ0v) is 11.8. The van der Waals surface area contributed by atoms with E-state index in [1.165, 1.54) is 12.1 Å². The van der Waals surface area contributed by atoms with Crippen LogP contribution in [-0.2, 0) is 6.42 Å². The number of rotatable bonds is 6. The minimum absolute atomic E-state index is 0.250. The molecular formula is C15H24FNO. The minimum atomic E-state index is -0.515. The van der Waals surface area contributed by atoms with Gasteiger partial charge in [0.15, 0.2) is 0 Å². The number of likely N-dealkylation sites (N-methyl/N-ethyl adjacent to an activating group) is 1. The Morgan fingerprint density at radius 2 is 1.89 bits per heavy atom. The summed E-state index contributed by atoms with van der Waals surface area (Å²) < 4.78 is 13.1. The summed E-state index contributed by atoms with van der Waals surface area (Å²) in [5, 5.41) is 10.4. The quantitative estimate of drug-likeness (QED) is 0.842. The van der Waals surface area contributed by atoms with Crippen molar-refractivity contribution < 1.29 is 9.50 Å². The Morgan fingerprint density at radius 1 is 1.28 bits per heavy atom. The van der Waals surface area contributed by atoms with E-state index in [1.807, 2.05) is 19.9 Å². The molecule has 102 valence electrons. The fourth-order valence-electron chi connectivity index (χ4n) is 2.39. The maximum atomic E-state index is 13.1. The molecular weight excluding hydrogens is 229 g/mol. The van der Waals surface area contributed by atoms with Gasteiger partial charge in [0.2, 0.25) is 0 Å². The van der Waals surface area contributed by atoms with Crippen molar-refractivity contribution in [3.8, 4) is 0 Å². The summed E-state index contributed by atoms with van der Waals surface area (Å²) in [6.45, 7) is 10.0. The number of nitrogens with zero attached hydrogens (tertiary/aromatic N) is 1. The van der Waals surface area contributed by atoms with Gasteiger partial charge in [-0.1, -0.05) is 26.0 Å². The molecule has 0 saturated heterocycles. The number of hydrogen-bond donors (Lipinski definition) is 1. The van der Waals surface area contributed by atoms with Gasteiger partial charge in [0.1, 0.15) is 5.82 Å². The average Bonchev–Trinajstić information content (AvgIpc) is 2.30. The Balaban J connectivity index is 2.78. The molecule has 1 aromatic carbocycles. The molecule has 1 unspecified atom stereocenters. The lowest BCUT2D eigenvalue weighted by atomic mass is 9.90. The number of benzene rings is 1. The van der Waals surface area contributed by atoms with Crippen LogP contribution in [0.5, 0.6) is 0 Å². The van der Waals surface area contributed by atoms with Crippen LogP contribution >= 0.6 is 0 Å². The molecule has 0 amide bonds. The lowest BCUT2D eigenvalue weighted by Crippen LogP contribution is -2.53. The molecule has 0 aliphatic carbocycles. The van der Waals surface area contributed by atoms with E-state index >= 15 is 0 Å². The Morgan fingerprint density at radius 3 is 2.39 bits per heavy atom. The largest absolute Gasteiger partial charge is 0.391 e. The molecule has 0 heterocycles. The van der Waals surface area contributed by atoms with Crippen LogP contribution in [0.4, 0.5) is 4.39 Å². The Kier molecular flexibility index (Phi) is 5.29. The predicted octanol–water partition coefficient (Wildman–Crippen LogP) is 2.85. The van der Waals surface area contributed by atoms with E-state index in [2.05, 4.69) is 18.7 Å². The summed E-state index contributed by atoms with van der Waals surface area (Å²) in [4.78, 5) is 2.22. The molecule has 1 aromatic rings. The van der Waals surface area contributed by atoms with Gasteiger partial charge in [-0.15, -0.1) is 0 Å². The molecule has 3 heteroatoms. The molecule has 1 rings (SSSR count). The van der Waals surface area contributed by atoms with E-state index < -0.39 is 6.10 Å². The maximum absolute atomic E-state index is 13.1. The molecule has 0 aliphatic heterocycles. The first-order chi connectivity index (χ1) is 8.41. The van der Waals surface area contributed by atoms with Crippen LogP contribution in [0.15, 0.2) is 24.3 Å². The molecule has 0 radical (unpaired) electrons. The van der Waals surface area contributed by atoms with E-state index in [-0.39, 0.29) is 11.4 Å². The van der Waals surface area contributed by atoms with E-state index in [0.29, 0.717) is 6.42 Å². The van der Waals surface area contributed by atoms with E-state index in [9.17, 15) is 9.50 Å². The highest BCUT2D eigenvalue weighted by atomic mass is 19.1. The molecule has 2 nitrogen and oxygen atoms in total. The van der Waals surface area contributed by atoms with Gasteiger partial charge in [-0.25, -0.2) is 4.39 Å². The molecule has 0 aromatic heterocycles. The standard InChI is InChI=1S/C15H24FNO/c1-5-17(6-2)15(3,4)14(18)11-12-8-7-9-13(16)10-12/h7-10,14,18H,5-6,11H2,1-4H3. The van der Waals surface area contributed by atoms with E-state index in [1.54, 1.807) is 6.07 Å². The van der Waals surface area contributed by atoms with Crippen LogP contribution in [0.1, 0.15) is 33.3 Å². The summed E-state index contributed by atoms with van der Waals surface area (Å²) in [5.41, 5.74) is 0.526. The summed E-state index contributed by atoms with van der Waals surface area (Å²) in [6.07, 6.45) is -0.0412. The van der Waals surface area contributed by atoms with Crippen molar-refractivity contribution in [1.82, 2.24) is 4.90 Å². The number of halogens is 1. The molecule has 1 atom stereocenters. The first-order valence-electron chi connectivity index (χ1n) is 6.59. The van der Waals surface area contributed by atoms with Crippen molar-refractivity contribution >= 4 is 0 Å². The summed E-state index contributed by atoms with van der Waals surface area (Å²) >= 11 is 0. The SMILES string of the molecule is CCN(CC)C(C)(C)C(O)Cc1cccc(F)c1. The summed E-state index contributed by atoms with van der Waals surface area (Å²) in [5.74, 6) is -0.250. The molecule has 0 fully saturated rings. The van der Waals surface area contributed by atoms with Crippen LogP contribution in [0.2, 0.25) is 0 Å². The number of hydrogen-bond acceptors (Lipinski definition) is 2. The Labute approximate surface area is 109 Å².